The van der Waals surface area contributed by atoms with Crippen LogP contribution in [0.1, 0.15) is 12.2 Å². The van der Waals surface area contributed by atoms with Gasteiger partial charge >= 0.3 is 0 Å². The number of nitrogens with zero attached hydrogens (tertiary/aromatic N) is 3. The largest absolute Gasteiger partial charge is 0.385 e. The van der Waals surface area contributed by atoms with Gasteiger partial charge in [0.25, 0.3) is 0 Å². The van der Waals surface area contributed by atoms with Crippen LogP contribution in [0.25, 0.3) is 11.2 Å². The zero-order valence-electron chi connectivity index (χ0n) is 10.5. The van der Waals surface area contributed by atoms with Crippen LogP contribution in [-0.4, -0.2) is 26.5 Å². The molecule has 3 rings (SSSR count). The van der Waals surface area contributed by atoms with E-state index >= 15 is 0 Å². The quantitative estimate of drug-likeness (QED) is 0.685. The van der Waals surface area contributed by atoms with E-state index in [0.717, 1.165) is 42.1 Å². The standard InChI is InChI=1S/C14H15N5/c1-2-5-11(6-3-1)16-8-4-7-13-18-12-9-15-10-17-14(12)19-13/h1-3,5-6,9-10,16H,4,7-8H2,(H,15,17,18,19). The predicted molar refractivity (Wildman–Crippen MR) is 74.9 cm³/mol. The number of nitrogens with one attached hydrogen (secondary N) is 2. The monoisotopic (exact) mass is 253 g/mol. The summed E-state index contributed by atoms with van der Waals surface area (Å²) >= 11 is 0. The van der Waals surface area contributed by atoms with Crippen LogP contribution in [0.15, 0.2) is 42.9 Å². The minimum absolute atomic E-state index is 0.737. The second-order valence-corrected chi connectivity index (χ2v) is 4.34. The van der Waals surface area contributed by atoms with Crippen LogP contribution in [0.2, 0.25) is 0 Å². The summed E-state index contributed by atoms with van der Waals surface area (Å²) in [6.07, 6.45) is 5.18. The van der Waals surface area contributed by atoms with Gasteiger partial charge in [0.1, 0.15) is 17.7 Å². The Morgan fingerprint density at radius 3 is 2.89 bits per heavy atom. The third-order valence-electron chi connectivity index (χ3n) is 2.90. The molecule has 2 heterocycles. The Kier molecular flexibility index (Phi) is 3.36. The highest BCUT2D eigenvalue weighted by atomic mass is 15.0. The molecule has 0 radical (unpaired) electrons. The van der Waals surface area contributed by atoms with E-state index < -0.39 is 0 Å². The van der Waals surface area contributed by atoms with Crippen LogP contribution in [0, 0.1) is 0 Å². The number of hydrogen-bond donors (Lipinski definition) is 2. The lowest BCUT2D eigenvalue weighted by atomic mass is 10.2. The van der Waals surface area contributed by atoms with E-state index in [9.17, 15) is 0 Å². The first-order valence-electron chi connectivity index (χ1n) is 6.35. The van der Waals surface area contributed by atoms with E-state index in [4.69, 9.17) is 0 Å². The maximum atomic E-state index is 4.42. The lowest BCUT2D eigenvalue weighted by Gasteiger charge is -2.04. The first kappa shape index (κ1) is 11.6. The predicted octanol–water partition coefficient (Wildman–Crippen LogP) is 2.40. The van der Waals surface area contributed by atoms with Gasteiger partial charge in [-0.05, 0) is 18.6 Å². The second-order valence-electron chi connectivity index (χ2n) is 4.34. The van der Waals surface area contributed by atoms with Crippen LogP contribution in [0.5, 0.6) is 0 Å². The number of fused-ring (bicyclic) bond motifs is 1. The average Bonchev–Trinajstić information content (AvgIpc) is 2.87. The zero-order chi connectivity index (χ0) is 12.9. The summed E-state index contributed by atoms with van der Waals surface area (Å²) in [5.74, 6) is 0.963. The normalized spacial score (nSPS) is 10.7. The van der Waals surface area contributed by atoms with Gasteiger partial charge in [-0.25, -0.2) is 15.0 Å². The van der Waals surface area contributed by atoms with Gasteiger partial charge in [0.2, 0.25) is 0 Å². The summed E-state index contributed by atoms with van der Waals surface area (Å²) in [5, 5.41) is 3.38. The molecule has 0 saturated carbocycles. The molecule has 2 aromatic heterocycles. The molecule has 0 spiro atoms. The highest BCUT2D eigenvalue weighted by molar-refractivity contribution is 5.68. The maximum absolute atomic E-state index is 4.42. The Bertz CT molecular complexity index is 614. The molecule has 0 unspecified atom stereocenters. The Labute approximate surface area is 111 Å². The van der Waals surface area contributed by atoms with Gasteiger partial charge in [-0.15, -0.1) is 0 Å². The van der Waals surface area contributed by atoms with Crippen molar-refractivity contribution in [3.8, 4) is 0 Å². The first-order valence-corrected chi connectivity index (χ1v) is 6.35. The lowest BCUT2D eigenvalue weighted by Crippen LogP contribution is -2.03. The van der Waals surface area contributed by atoms with Crippen molar-refractivity contribution in [2.45, 2.75) is 12.8 Å². The number of para-hydroxylation sites is 1. The van der Waals surface area contributed by atoms with E-state index in [1.165, 1.54) is 6.33 Å². The Balaban J connectivity index is 1.52. The van der Waals surface area contributed by atoms with E-state index in [-0.39, 0.29) is 0 Å². The van der Waals surface area contributed by atoms with E-state index in [2.05, 4.69) is 37.4 Å². The average molecular weight is 253 g/mol. The topological polar surface area (TPSA) is 66.5 Å². The number of H-pyrrole nitrogens is 1. The Morgan fingerprint density at radius 1 is 1.16 bits per heavy atom. The third-order valence-corrected chi connectivity index (χ3v) is 2.90. The Hall–Kier alpha value is -2.43. The van der Waals surface area contributed by atoms with Crippen molar-refractivity contribution in [2.75, 3.05) is 11.9 Å². The molecule has 0 amide bonds. The van der Waals surface area contributed by atoms with Gasteiger partial charge in [0.15, 0.2) is 5.65 Å². The minimum Gasteiger partial charge on any atom is -0.385 e. The summed E-state index contributed by atoms with van der Waals surface area (Å²) in [6, 6.07) is 10.2. The molecule has 0 bridgehead atoms. The van der Waals surface area contributed by atoms with Crippen LogP contribution in [0.4, 0.5) is 5.69 Å². The fraction of sp³-hybridized carbons (Fsp3) is 0.214. The molecule has 5 heteroatoms. The van der Waals surface area contributed by atoms with Gasteiger partial charge in [0.05, 0.1) is 6.20 Å². The highest BCUT2D eigenvalue weighted by Gasteiger charge is 2.02. The zero-order valence-corrected chi connectivity index (χ0v) is 10.5. The summed E-state index contributed by atoms with van der Waals surface area (Å²) in [4.78, 5) is 15.7. The highest BCUT2D eigenvalue weighted by Crippen LogP contribution is 2.08. The van der Waals surface area contributed by atoms with Gasteiger partial charge < -0.3 is 10.3 Å². The number of rotatable bonds is 5. The molecule has 5 nitrogen and oxygen atoms in total. The molecular weight excluding hydrogens is 238 g/mol. The summed E-state index contributed by atoms with van der Waals surface area (Å²) in [6.45, 7) is 0.923. The third kappa shape index (κ3) is 2.88. The van der Waals surface area contributed by atoms with Crippen molar-refractivity contribution in [2.24, 2.45) is 0 Å². The smallest absolute Gasteiger partial charge is 0.180 e. The molecule has 3 aromatic rings. The molecule has 0 aliphatic rings. The van der Waals surface area contributed by atoms with Crippen LogP contribution >= 0.6 is 0 Å². The number of benzene rings is 1. The van der Waals surface area contributed by atoms with E-state index in [1.807, 2.05) is 18.2 Å². The maximum Gasteiger partial charge on any atom is 0.180 e. The molecular formula is C14H15N5. The molecule has 1 aromatic carbocycles. The number of aromatic amines is 1. The van der Waals surface area contributed by atoms with Crippen molar-refractivity contribution < 1.29 is 0 Å². The second kappa shape index (κ2) is 5.48. The number of aryl methyl sites for hydroxylation is 1. The van der Waals surface area contributed by atoms with Crippen molar-refractivity contribution in [1.82, 2.24) is 19.9 Å². The van der Waals surface area contributed by atoms with Gasteiger partial charge in [-0.3, -0.25) is 0 Å². The number of aromatic nitrogens is 4. The van der Waals surface area contributed by atoms with Gasteiger partial charge in [0, 0.05) is 18.7 Å². The summed E-state index contributed by atoms with van der Waals surface area (Å²) < 4.78 is 0. The van der Waals surface area contributed by atoms with Crippen molar-refractivity contribution in [3.63, 3.8) is 0 Å². The van der Waals surface area contributed by atoms with Crippen LogP contribution < -0.4 is 5.32 Å². The molecule has 2 N–H and O–H groups in total. The van der Waals surface area contributed by atoms with Gasteiger partial charge in [-0.2, -0.15) is 0 Å². The molecule has 0 aliphatic carbocycles. The Morgan fingerprint density at radius 2 is 2.05 bits per heavy atom. The van der Waals surface area contributed by atoms with Crippen LogP contribution in [0.3, 0.4) is 0 Å². The van der Waals surface area contributed by atoms with Gasteiger partial charge in [-0.1, -0.05) is 18.2 Å². The number of imidazole rings is 1. The molecule has 0 aliphatic heterocycles. The van der Waals surface area contributed by atoms with E-state index in [1.54, 1.807) is 6.20 Å². The van der Waals surface area contributed by atoms with Crippen molar-refractivity contribution >= 4 is 16.9 Å². The molecule has 0 atom stereocenters. The fourth-order valence-electron chi connectivity index (χ4n) is 1.97. The SMILES string of the molecule is c1ccc(NCCCc2nc3ncncc3[nH]2)cc1. The van der Waals surface area contributed by atoms with Crippen LogP contribution in [-0.2, 0) is 6.42 Å². The summed E-state index contributed by atoms with van der Waals surface area (Å²) in [7, 11) is 0. The molecule has 19 heavy (non-hydrogen) atoms. The summed E-state index contributed by atoms with van der Waals surface area (Å²) in [5.41, 5.74) is 2.78. The van der Waals surface area contributed by atoms with Crippen molar-refractivity contribution in [3.05, 3.63) is 48.7 Å². The molecule has 0 saturated heterocycles. The number of hydrogen-bond acceptors (Lipinski definition) is 4. The fourth-order valence-corrected chi connectivity index (χ4v) is 1.97. The molecule has 0 fully saturated rings. The number of anilines is 1. The lowest BCUT2D eigenvalue weighted by molar-refractivity contribution is 0.819. The minimum atomic E-state index is 0.737. The molecule has 96 valence electrons. The first-order chi connectivity index (χ1) is 9.42. The van der Waals surface area contributed by atoms with E-state index in [0.29, 0.717) is 0 Å². The van der Waals surface area contributed by atoms with Crippen molar-refractivity contribution in [1.29, 1.82) is 0 Å².